The maximum absolute atomic E-state index is 12.7. The normalized spacial score (nSPS) is 13.6. The van der Waals surface area contributed by atoms with Gasteiger partial charge in [0.1, 0.15) is 6.61 Å². The Bertz CT molecular complexity index is 1160. The number of hydrogen-bond donors (Lipinski definition) is 1. The fourth-order valence-electron chi connectivity index (χ4n) is 6.21. The Morgan fingerprint density at radius 2 is 0.982 bits per heavy atom. The van der Waals surface area contributed by atoms with Crippen molar-refractivity contribution in [2.45, 2.75) is 180 Å². The summed E-state index contributed by atoms with van der Waals surface area (Å²) in [5, 5.41) is 9.62. The summed E-state index contributed by atoms with van der Waals surface area (Å²) in [6.45, 7) is 4.54. The first kappa shape index (κ1) is 53.8. The van der Waals surface area contributed by atoms with Gasteiger partial charge in [0.2, 0.25) is 0 Å². The van der Waals surface area contributed by atoms with Crippen LogP contribution in [0.5, 0.6) is 0 Å². The quantitative estimate of drug-likeness (QED) is 0.0286. The standard InChI is InChI=1S/C49H83NO7/c1-6-8-10-12-14-16-18-20-22-23-24-26-27-29-31-33-35-37-39-47(51)56-44-45(43-55-42-41-46(49(53)54)50(3,4)5)57-48(52)40-38-36-34-32-30-28-25-21-19-17-15-13-11-9-7-2/h9,11,13,15,17,19,21-26,45-46H,6-8,10,12,14,16,18,20,27-44H2,1-5H3/p+1/b11-9+,15-13+,19-17+,23-22+,25-21+,26-24+. The number of hydrogen-bond acceptors (Lipinski definition) is 6. The predicted octanol–water partition coefficient (Wildman–Crippen LogP) is 12.4. The lowest BCUT2D eigenvalue weighted by molar-refractivity contribution is -0.887. The number of carbonyl (C=O) groups excluding carboxylic acids is 2. The summed E-state index contributed by atoms with van der Waals surface area (Å²) >= 11 is 0. The molecule has 0 radical (unpaired) electrons. The van der Waals surface area contributed by atoms with E-state index in [1.165, 1.54) is 51.4 Å². The molecule has 0 aromatic heterocycles. The van der Waals surface area contributed by atoms with E-state index in [-0.39, 0.29) is 36.2 Å². The van der Waals surface area contributed by atoms with Crippen LogP contribution in [-0.4, -0.2) is 80.6 Å². The molecule has 8 nitrogen and oxygen atoms in total. The molecule has 0 aliphatic heterocycles. The third-order valence-electron chi connectivity index (χ3n) is 9.71. The number of aliphatic carboxylic acids is 1. The third-order valence-corrected chi connectivity index (χ3v) is 9.71. The molecule has 0 aromatic rings. The Labute approximate surface area is 349 Å². The average Bonchev–Trinajstić information content (AvgIpc) is 3.17. The molecular weight excluding hydrogens is 715 g/mol. The summed E-state index contributed by atoms with van der Waals surface area (Å²) in [5.74, 6) is -1.52. The van der Waals surface area contributed by atoms with Crippen LogP contribution in [0.15, 0.2) is 72.9 Å². The Morgan fingerprint density at radius 1 is 0.544 bits per heavy atom. The molecule has 0 spiro atoms. The van der Waals surface area contributed by atoms with Gasteiger partial charge in [0.05, 0.1) is 34.4 Å². The molecule has 1 N–H and O–H groups in total. The SMILES string of the molecule is CC/C=C/C=C/C=C/C=C/CCCCCCCC(=O)OC(COCCC(C(=O)O)[N+](C)(C)C)COC(=O)CCCCCCC/C=C/C=C/CCCCCCCCC. The molecule has 2 atom stereocenters. The smallest absolute Gasteiger partial charge is 0.362 e. The van der Waals surface area contributed by atoms with Crippen LogP contribution in [0.3, 0.4) is 0 Å². The highest BCUT2D eigenvalue weighted by atomic mass is 16.6. The van der Waals surface area contributed by atoms with Crippen molar-refractivity contribution >= 4 is 17.9 Å². The number of esters is 2. The Balaban J connectivity index is 4.41. The first-order valence-corrected chi connectivity index (χ1v) is 22.5. The number of unbranched alkanes of at least 4 members (excludes halogenated alkanes) is 17. The van der Waals surface area contributed by atoms with E-state index in [1.807, 2.05) is 51.5 Å². The van der Waals surface area contributed by atoms with Crippen molar-refractivity contribution in [1.29, 1.82) is 0 Å². The van der Waals surface area contributed by atoms with Crippen molar-refractivity contribution in [1.82, 2.24) is 0 Å². The molecule has 0 rings (SSSR count). The number of quaternary nitrogens is 1. The molecule has 2 unspecified atom stereocenters. The van der Waals surface area contributed by atoms with Crippen LogP contribution < -0.4 is 0 Å². The lowest BCUT2D eigenvalue weighted by atomic mass is 10.1. The van der Waals surface area contributed by atoms with E-state index in [1.54, 1.807) is 0 Å². The Kier molecular flexibility index (Phi) is 37.3. The van der Waals surface area contributed by atoms with E-state index in [9.17, 15) is 19.5 Å². The lowest BCUT2D eigenvalue weighted by Crippen LogP contribution is -2.50. The minimum atomic E-state index is -0.885. The van der Waals surface area contributed by atoms with Gasteiger partial charge in [-0.3, -0.25) is 9.59 Å². The molecule has 0 heterocycles. The van der Waals surface area contributed by atoms with Crippen LogP contribution in [0.2, 0.25) is 0 Å². The highest BCUT2D eigenvalue weighted by molar-refractivity contribution is 5.72. The van der Waals surface area contributed by atoms with Crippen molar-refractivity contribution in [3.05, 3.63) is 72.9 Å². The molecular formula is C49H84NO7+. The van der Waals surface area contributed by atoms with E-state index >= 15 is 0 Å². The first-order chi connectivity index (χ1) is 27.6. The third kappa shape index (κ3) is 38.1. The van der Waals surface area contributed by atoms with E-state index in [2.05, 4.69) is 56.4 Å². The molecule has 0 saturated heterocycles. The minimum absolute atomic E-state index is 0.0425. The molecule has 0 fully saturated rings. The van der Waals surface area contributed by atoms with Crippen molar-refractivity contribution in [3.63, 3.8) is 0 Å². The Morgan fingerprint density at radius 3 is 1.47 bits per heavy atom. The van der Waals surface area contributed by atoms with Crippen LogP contribution in [0.4, 0.5) is 0 Å². The molecule has 0 amide bonds. The predicted molar refractivity (Wildman–Crippen MR) is 238 cm³/mol. The maximum atomic E-state index is 12.7. The van der Waals surface area contributed by atoms with Crippen LogP contribution >= 0.6 is 0 Å². The summed E-state index contributed by atoms with van der Waals surface area (Å²) in [4.78, 5) is 37.0. The van der Waals surface area contributed by atoms with E-state index in [4.69, 9.17) is 14.2 Å². The van der Waals surface area contributed by atoms with Crippen LogP contribution in [0.25, 0.3) is 0 Å². The van der Waals surface area contributed by atoms with Gasteiger partial charge in [0.15, 0.2) is 12.1 Å². The van der Waals surface area contributed by atoms with E-state index in [0.29, 0.717) is 19.3 Å². The zero-order chi connectivity index (χ0) is 42.1. The number of rotatable bonds is 39. The van der Waals surface area contributed by atoms with Gasteiger partial charge in [-0.2, -0.15) is 0 Å². The fraction of sp³-hybridized carbons (Fsp3) is 0.694. The summed E-state index contributed by atoms with van der Waals surface area (Å²) < 4.78 is 17.2. The number of carbonyl (C=O) groups is 3. The molecule has 0 aliphatic rings. The zero-order valence-corrected chi connectivity index (χ0v) is 37.0. The maximum Gasteiger partial charge on any atom is 0.362 e. The van der Waals surface area contributed by atoms with Crippen LogP contribution in [0, 0.1) is 0 Å². The molecule has 0 bridgehead atoms. The minimum Gasteiger partial charge on any atom is -0.477 e. The van der Waals surface area contributed by atoms with Crippen molar-refractivity contribution in [3.8, 4) is 0 Å². The van der Waals surface area contributed by atoms with Gasteiger partial charge in [-0.1, -0.05) is 164 Å². The van der Waals surface area contributed by atoms with Gasteiger partial charge >= 0.3 is 17.9 Å². The zero-order valence-electron chi connectivity index (χ0n) is 37.0. The number of nitrogens with zero attached hydrogens (tertiary/aromatic N) is 1. The lowest BCUT2D eigenvalue weighted by Gasteiger charge is -2.31. The highest BCUT2D eigenvalue weighted by Gasteiger charge is 2.31. The van der Waals surface area contributed by atoms with Crippen molar-refractivity contribution in [2.75, 3.05) is 41.0 Å². The largest absolute Gasteiger partial charge is 0.477 e. The highest BCUT2D eigenvalue weighted by Crippen LogP contribution is 2.13. The summed E-state index contributed by atoms with van der Waals surface area (Å²) in [7, 11) is 5.50. The number of allylic oxidation sites excluding steroid dienone is 12. The second-order valence-electron chi connectivity index (χ2n) is 16.0. The fourth-order valence-corrected chi connectivity index (χ4v) is 6.21. The summed E-state index contributed by atoms with van der Waals surface area (Å²) in [5.41, 5.74) is 0. The van der Waals surface area contributed by atoms with Gasteiger partial charge in [0.25, 0.3) is 0 Å². The van der Waals surface area contributed by atoms with Gasteiger partial charge in [0, 0.05) is 19.3 Å². The second kappa shape index (κ2) is 39.6. The van der Waals surface area contributed by atoms with Gasteiger partial charge in [-0.25, -0.2) is 4.79 Å². The second-order valence-corrected chi connectivity index (χ2v) is 16.0. The average molecular weight is 799 g/mol. The molecule has 0 aromatic carbocycles. The monoisotopic (exact) mass is 799 g/mol. The molecule has 0 saturated carbocycles. The summed E-state index contributed by atoms with van der Waals surface area (Å²) in [6.07, 6.45) is 49.4. The van der Waals surface area contributed by atoms with Crippen molar-refractivity contribution in [2.24, 2.45) is 0 Å². The number of carboxylic acids is 1. The topological polar surface area (TPSA) is 99.1 Å². The summed E-state index contributed by atoms with van der Waals surface area (Å²) in [6, 6.07) is -0.625. The first-order valence-electron chi connectivity index (χ1n) is 22.5. The van der Waals surface area contributed by atoms with Gasteiger partial charge in [-0.15, -0.1) is 0 Å². The van der Waals surface area contributed by atoms with Crippen molar-refractivity contribution < 1.29 is 38.2 Å². The molecule has 0 aliphatic carbocycles. The van der Waals surface area contributed by atoms with E-state index in [0.717, 1.165) is 83.5 Å². The Hall–Kier alpha value is -3.23. The van der Waals surface area contributed by atoms with Crippen LogP contribution in [0.1, 0.15) is 168 Å². The molecule has 57 heavy (non-hydrogen) atoms. The molecule has 326 valence electrons. The van der Waals surface area contributed by atoms with Gasteiger partial charge < -0.3 is 23.8 Å². The van der Waals surface area contributed by atoms with Crippen LogP contribution in [-0.2, 0) is 28.6 Å². The number of ether oxygens (including phenoxy) is 3. The van der Waals surface area contributed by atoms with Gasteiger partial charge in [-0.05, 0) is 57.8 Å². The number of carboxylic acid groups (broad SMARTS) is 1. The molecule has 8 heteroatoms. The van der Waals surface area contributed by atoms with E-state index < -0.39 is 18.1 Å². The number of likely N-dealkylation sites (N-methyl/N-ethyl adjacent to an activating group) is 1.